The zero-order chi connectivity index (χ0) is 22.7. The normalized spacial score (nSPS) is 13.6. The van der Waals surface area contributed by atoms with Gasteiger partial charge in [-0.1, -0.05) is 30.3 Å². The summed E-state index contributed by atoms with van der Waals surface area (Å²) >= 11 is 1.44. The van der Waals surface area contributed by atoms with Gasteiger partial charge in [0.2, 0.25) is 0 Å². The highest BCUT2D eigenvalue weighted by Gasteiger charge is 2.28. The summed E-state index contributed by atoms with van der Waals surface area (Å²) in [6.07, 6.45) is 0.792. The van der Waals surface area contributed by atoms with E-state index in [4.69, 9.17) is 10.5 Å². The molecular weight excluding hydrogens is 422 g/mol. The lowest BCUT2D eigenvalue weighted by molar-refractivity contribution is 0.0999. The molecule has 0 bridgehead atoms. The predicted molar refractivity (Wildman–Crippen MR) is 127 cm³/mol. The van der Waals surface area contributed by atoms with Crippen molar-refractivity contribution in [3.05, 3.63) is 81.7 Å². The fourth-order valence-electron chi connectivity index (χ4n) is 3.91. The quantitative estimate of drug-likeness (QED) is 0.558. The highest BCUT2D eigenvalue weighted by atomic mass is 32.1. The van der Waals surface area contributed by atoms with Crippen molar-refractivity contribution in [1.82, 2.24) is 4.90 Å². The SMILES string of the molecule is CC(C)Oc1ccc(C(=O)Nc2sc3c(c2C(N)=O)CCN(Cc2ccccc2)C3)cc1. The number of ether oxygens (including phenoxy) is 1. The molecular formula is C25H27N3O3S. The third-order valence-corrected chi connectivity index (χ3v) is 6.48. The molecule has 4 rings (SSSR count). The molecule has 0 saturated carbocycles. The topological polar surface area (TPSA) is 84.7 Å². The van der Waals surface area contributed by atoms with Crippen LogP contribution in [0, 0.1) is 0 Å². The first kappa shape index (κ1) is 22.0. The van der Waals surface area contributed by atoms with Crippen LogP contribution in [-0.4, -0.2) is 29.4 Å². The molecule has 0 spiro atoms. The van der Waals surface area contributed by atoms with Gasteiger partial charge in [-0.25, -0.2) is 0 Å². The van der Waals surface area contributed by atoms with Crippen molar-refractivity contribution in [2.24, 2.45) is 5.73 Å². The summed E-state index contributed by atoms with van der Waals surface area (Å²) in [5.41, 5.74) is 8.86. The number of nitrogens with zero attached hydrogens (tertiary/aromatic N) is 1. The van der Waals surface area contributed by atoms with E-state index in [-0.39, 0.29) is 12.0 Å². The Morgan fingerprint density at radius 2 is 1.84 bits per heavy atom. The van der Waals surface area contributed by atoms with Crippen molar-refractivity contribution in [2.75, 3.05) is 11.9 Å². The maximum Gasteiger partial charge on any atom is 0.256 e. The number of rotatable bonds is 7. The monoisotopic (exact) mass is 449 g/mol. The number of anilines is 1. The van der Waals surface area contributed by atoms with E-state index < -0.39 is 5.91 Å². The molecule has 6 nitrogen and oxygen atoms in total. The van der Waals surface area contributed by atoms with Crippen LogP contribution in [0.1, 0.15) is 50.6 Å². The molecule has 1 aliphatic rings. The Morgan fingerprint density at radius 3 is 2.50 bits per heavy atom. The van der Waals surface area contributed by atoms with Gasteiger partial charge in [-0.15, -0.1) is 11.3 Å². The molecule has 0 radical (unpaired) electrons. The molecule has 1 aliphatic heterocycles. The second-order valence-corrected chi connectivity index (χ2v) is 9.27. The van der Waals surface area contributed by atoms with Gasteiger partial charge in [0.15, 0.2) is 0 Å². The van der Waals surface area contributed by atoms with Crippen LogP contribution in [0.4, 0.5) is 5.00 Å². The largest absolute Gasteiger partial charge is 0.491 e. The van der Waals surface area contributed by atoms with E-state index in [1.54, 1.807) is 24.3 Å². The highest BCUT2D eigenvalue weighted by Crippen LogP contribution is 2.37. The molecule has 0 fully saturated rings. The number of hydrogen-bond acceptors (Lipinski definition) is 5. The Kier molecular flexibility index (Phi) is 6.58. The van der Waals surface area contributed by atoms with E-state index >= 15 is 0 Å². The van der Waals surface area contributed by atoms with Gasteiger partial charge < -0.3 is 15.8 Å². The van der Waals surface area contributed by atoms with E-state index in [0.29, 0.717) is 21.9 Å². The molecule has 0 saturated heterocycles. The number of carbonyl (C=O) groups is 2. The Balaban J connectivity index is 1.51. The van der Waals surface area contributed by atoms with Crippen molar-refractivity contribution in [3.63, 3.8) is 0 Å². The Bertz CT molecular complexity index is 1110. The summed E-state index contributed by atoms with van der Waals surface area (Å²) in [5.74, 6) is -0.0715. The van der Waals surface area contributed by atoms with Crippen molar-refractivity contribution < 1.29 is 14.3 Å². The van der Waals surface area contributed by atoms with Gasteiger partial charge in [0.05, 0.1) is 11.7 Å². The molecule has 166 valence electrons. The minimum atomic E-state index is -0.505. The van der Waals surface area contributed by atoms with Crippen molar-refractivity contribution in [3.8, 4) is 5.75 Å². The summed E-state index contributed by atoms with van der Waals surface area (Å²) in [5, 5.41) is 3.43. The van der Waals surface area contributed by atoms with Crippen LogP contribution in [0.3, 0.4) is 0 Å². The van der Waals surface area contributed by atoms with Crippen molar-refractivity contribution in [2.45, 2.75) is 39.5 Å². The Labute approximate surface area is 192 Å². The molecule has 1 aromatic heterocycles. The van der Waals surface area contributed by atoms with E-state index in [0.717, 1.165) is 36.5 Å². The minimum Gasteiger partial charge on any atom is -0.491 e. The van der Waals surface area contributed by atoms with Gasteiger partial charge in [-0.3, -0.25) is 14.5 Å². The molecule has 32 heavy (non-hydrogen) atoms. The van der Waals surface area contributed by atoms with Crippen LogP contribution in [0.5, 0.6) is 5.75 Å². The van der Waals surface area contributed by atoms with Crippen LogP contribution >= 0.6 is 11.3 Å². The lowest BCUT2D eigenvalue weighted by Crippen LogP contribution is -2.30. The number of amides is 2. The second kappa shape index (κ2) is 9.54. The predicted octanol–water partition coefficient (Wildman–Crippen LogP) is 4.44. The minimum absolute atomic E-state index is 0.0618. The molecule has 2 aromatic carbocycles. The number of hydrogen-bond donors (Lipinski definition) is 2. The van der Waals surface area contributed by atoms with Gasteiger partial charge in [0.25, 0.3) is 11.8 Å². The van der Waals surface area contributed by atoms with E-state index in [2.05, 4.69) is 22.3 Å². The van der Waals surface area contributed by atoms with Crippen LogP contribution in [0.25, 0.3) is 0 Å². The summed E-state index contributed by atoms with van der Waals surface area (Å²) in [6, 6.07) is 17.3. The summed E-state index contributed by atoms with van der Waals surface area (Å²) in [6.45, 7) is 6.31. The number of fused-ring (bicyclic) bond motifs is 1. The number of thiophene rings is 1. The van der Waals surface area contributed by atoms with E-state index in [1.165, 1.54) is 16.9 Å². The molecule has 0 aliphatic carbocycles. The lowest BCUT2D eigenvalue weighted by Gasteiger charge is -2.27. The highest BCUT2D eigenvalue weighted by molar-refractivity contribution is 7.17. The van der Waals surface area contributed by atoms with Crippen LogP contribution < -0.4 is 15.8 Å². The smallest absolute Gasteiger partial charge is 0.256 e. The fourth-order valence-corrected chi connectivity index (χ4v) is 5.20. The third kappa shape index (κ3) is 5.00. The molecule has 2 heterocycles. The van der Waals surface area contributed by atoms with Gasteiger partial charge in [-0.2, -0.15) is 0 Å². The van der Waals surface area contributed by atoms with Gasteiger partial charge in [-0.05, 0) is 55.7 Å². The second-order valence-electron chi connectivity index (χ2n) is 8.16. The number of nitrogens with one attached hydrogen (secondary N) is 1. The van der Waals surface area contributed by atoms with E-state index in [1.807, 2.05) is 32.0 Å². The van der Waals surface area contributed by atoms with Crippen molar-refractivity contribution in [1.29, 1.82) is 0 Å². The molecule has 0 atom stereocenters. The summed E-state index contributed by atoms with van der Waals surface area (Å²) < 4.78 is 5.63. The Morgan fingerprint density at radius 1 is 1.12 bits per heavy atom. The number of benzene rings is 2. The number of primary amides is 1. The van der Waals surface area contributed by atoms with Crippen LogP contribution in [0.15, 0.2) is 54.6 Å². The molecule has 7 heteroatoms. The van der Waals surface area contributed by atoms with Gasteiger partial charge >= 0.3 is 0 Å². The first-order valence-electron chi connectivity index (χ1n) is 10.7. The third-order valence-electron chi connectivity index (χ3n) is 5.35. The van der Waals surface area contributed by atoms with Gasteiger partial charge in [0.1, 0.15) is 10.8 Å². The first-order valence-corrected chi connectivity index (χ1v) is 11.5. The molecule has 3 aromatic rings. The van der Waals surface area contributed by atoms with Crippen LogP contribution in [0.2, 0.25) is 0 Å². The zero-order valence-electron chi connectivity index (χ0n) is 18.3. The maximum atomic E-state index is 12.8. The number of nitrogens with two attached hydrogens (primary N) is 1. The molecule has 3 N–H and O–H groups in total. The average molecular weight is 450 g/mol. The standard InChI is InChI=1S/C25H27N3O3S/c1-16(2)31-19-10-8-18(9-11-19)24(30)27-25-22(23(26)29)20-12-13-28(15-21(20)32-25)14-17-6-4-3-5-7-17/h3-11,16H,12-15H2,1-2H3,(H2,26,29)(H,27,30). The van der Waals surface area contributed by atoms with Crippen LogP contribution in [-0.2, 0) is 19.5 Å². The first-order chi connectivity index (χ1) is 15.4. The Hall–Kier alpha value is -3.16. The molecule has 0 unspecified atom stereocenters. The average Bonchev–Trinajstić information content (AvgIpc) is 3.11. The zero-order valence-corrected chi connectivity index (χ0v) is 19.1. The summed E-state index contributed by atoms with van der Waals surface area (Å²) in [7, 11) is 0. The molecule has 2 amide bonds. The summed E-state index contributed by atoms with van der Waals surface area (Å²) in [4.78, 5) is 28.5. The fraction of sp³-hybridized carbons (Fsp3) is 0.280. The lowest BCUT2D eigenvalue weighted by atomic mass is 10.0. The van der Waals surface area contributed by atoms with Crippen molar-refractivity contribution >= 4 is 28.2 Å². The van der Waals surface area contributed by atoms with E-state index in [9.17, 15) is 9.59 Å². The number of carbonyl (C=O) groups excluding carboxylic acids is 2. The maximum absolute atomic E-state index is 12.8. The van der Waals surface area contributed by atoms with Gasteiger partial charge in [0, 0.05) is 30.1 Å².